The molecule has 3 aromatic rings. The molecule has 0 aliphatic rings. The molecule has 3 rings (SSSR count). The van der Waals surface area contributed by atoms with Gasteiger partial charge in [-0.15, -0.1) is 0 Å². The smallest absolute Gasteiger partial charge is 0.0935 e. The number of furan rings is 1. The van der Waals surface area contributed by atoms with Crippen LogP contribution in [-0.2, 0) is 6.42 Å². The lowest BCUT2D eigenvalue weighted by Gasteiger charge is -2.16. The third kappa shape index (κ3) is 2.51. The van der Waals surface area contributed by atoms with Gasteiger partial charge in [0.2, 0.25) is 0 Å². The first kappa shape index (κ1) is 11.9. The summed E-state index contributed by atoms with van der Waals surface area (Å²) in [5, 5.41) is 4.53. The summed E-state index contributed by atoms with van der Waals surface area (Å²) in [5.74, 6) is 0. The Morgan fingerprint density at radius 1 is 1.26 bits per heavy atom. The van der Waals surface area contributed by atoms with Crippen molar-refractivity contribution in [3.63, 3.8) is 0 Å². The number of hydrogen-bond acceptors (Lipinski definition) is 3. The van der Waals surface area contributed by atoms with E-state index in [0.29, 0.717) is 0 Å². The molecule has 3 nitrogen and oxygen atoms in total. The predicted octanol–water partition coefficient (Wildman–Crippen LogP) is 3.33. The van der Waals surface area contributed by atoms with Crippen LogP contribution >= 0.6 is 0 Å². The second-order valence-corrected chi connectivity index (χ2v) is 4.63. The quantitative estimate of drug-likeness (QED) is 0.774. The van der Waals surface area contributed by atoms with Crippen LogP contribution in [0.15, 0.2) is 59.5 Å². The Hall–Kier alpha value is -2.13. The lowest BCUT2D eigenvalue weighted by molar-refractivity contribution is 0.552. The Morgan fingerprint density at radius 3 is 3.00 bits per heavy atom. The van der Waals surface area contributed by atoms with Crippen molar-refractivity contribution >= 4 is 10.9 Å². The van der Waals surface area contributed by atoms with Crippen molar-refractivity contribution in [3.05, 3.63) is 66.2 Å². The third-order valence-corrected chi connectivity index (χ3v) is 3.40. The third-order valence-electron chi connectivity index (χ3n) is 3.40. The van der Waals surface area contributed by atoms with Gasteiger partial charge >= 0.3 is 0 Å². The van der Waals surface area contributed by atoms with Crippen molar-refractivity contribution in [3.8, 4) is 0 Å². The summed E-state index contributed by atoms with van der Waals surface area (Å²) in [5.41, 5.74) is 3.50. The van der Waals surface area contributed by atoms with E-state index in [9.17, 15) is 0 Å². The van der Waals surface area contributed by atoms with E-state index in [1.807, 2.05) is 25.4 Å². The highest BCUT2D eigenvalue weighted by molar-refractivity contribution is 5.79. The highest BCUT2D eigenvalue weighted by Gasteiger charge is 2.11. The SMILES string of the molecule is CNC(Cc1ccoc1)c1ccc2ncccc2c1. The maximum absolute atomic E-state index is 5.13. The van der Waals surface area contributed by atoms with E-state index in [-0.39, 0.29) is 6.04 Å². The standard InChI is InChI=1S/C16H16N2O/c1-17-16(9-12-6-8-19-11-12)14-4-5-15-13(10-14)3-2-7-18-15/h2-8,10-11,16-17H,9H2,1H3. The topological polar surface area (TPSA) is 38.1 Å². The second-order valence-electron chi connectivity index (χ2n) is 4.63. The number of pyridine rings is 1. The molecule has 2 heterocycles. The van der Waals surface area contributed by atoms with E-state index in [0.717, 1.165) is 11.9 Å². The number of nitrogens with one attached hydrogen (secondary N) is 1. The van der Waals surface area contributed by atoms with Crippen LogP contribution in [0.1, 0.15) is 17.2 Å². The van der Waals surface area contributed by atoms with Crippen LogP contribution in [0, 0.1) is 0 Å². The molecule has 0 aliphatic heterocycles. The zero-order chi connectivity index (χ0) is 13.1. The lowest BCUT2D eigenvalue weighted by Crippen LogP contribution is -2.18. The summed E-state index contributed by atoms with van der Waals surface area (Å²) in [7, 11) is 1.98. The Morgan fingerprint density at radius 2 is 2.21 bits per heavy atom. The Balaban J connectivity index is 1.92. The largest absolute Gasteiger partial charge is 0.472 e. The van der Waals surface area contributed by atoms with Crippen molar-refractivity contribution < 1.29 is 4.42 Å². The minimum absolute atomic E-state index is 0.280. The van der Waals surface area contributed by atoms with E-state index in [1.165, 1.54) is 16.5 Å². The van der Waals surface area contributed by atoms with Crippen LogP contribution in [0.3, 0.4) is 0 Å². The van der Waals surface area contributed by atoms with Crippen molar-refractivity contribution in [2.75, 3.05) is 7.05 Å². The Kier molecular flexibility index (Phi) is 3.29. The Labute approximate surface area is 112 Å². The molecule has 96 valence electrons. The maximum Gasteiger partial charge on any atom is 0.0935 e. The molecule has 0 bridgehead atoms. The highest BCUT2D eigenvalue weighted by Crippen LogP contribution is 2.22. The molecule has 0 saturated heterocycles. The van der Waals surface area contributed by atoms with Crippen LogP contribution in [0.2, 0.25) is 0 Å². The van der Waals surface area contributed by atoms with Crippen LogP contribution in [-0.4, -0.2) is 12.0 Å². The molecule has 0 aliphatic carbocycles. The fraction of sp³-hybridized carbons (Fsp3) is 0.188. The number of fused-ring (bicyclic) bond motifs is 1. The Bertz CT molecular complexity index is 661. The van der Waals surface area contributed by atoms with Crippen LogP contribution in [0.25, 0.3) is 10.9 Å². The van der Waals surface area contributed by atoms with Gasteiger partial charge in [-0.1, -0.05) is 12.1 Å². The number of rotatable bonds is 4. The van der Waals surface area contributed by atoms with Gasteiger partial charge in [0.1, 0.15) is 0 Å². The molecule has 1 aromatic carbocycles. The van der Waals surface area contributed by atoms with Gasteiger partial charge in [0, 0.05) is 17.6 Å². The van der Waals surface area contributed by atoms with Gasteiger partial charge in [0.25, 0.3) is 0 Å². The molecule has 1 atom stereocenters. The van der Waals surface area contributed by atoms with Gasteiger partial charge in [-0.25, -0.2) is 0 Å². The highest BCUT2D eigenvalue weighted by atomic mass is 16.3. The van der Waals surface area contributed by atoms with E-state index < -0.39 is 0 Å². The normalized spacial score (nSPS) is 12.7. The van der Waals surface area contributed by atoms with Gasteiger partial charge in [0.05, 0.1) is 18.0 Å². The zero-order valence-corrected chi connectivity index (χ0v) is 10.8. The molecular weight excluding hydrogens is 236 g/mol. The second kappa shape index (κ2) is 5.24. The molecule has 1 unspecified atom stereocenters. The number of likely N-dealkylation sites (N-methyl/N-ethyl adjacent to an activating group) is 1. The fourth-order valence-electron chi connectivity index (χ4n) is 2.34. The minimum atomic E-state index is 0.280. The number of benzene rings is 1. The monoisotopic (exact) mass is 252 g/mol. The van der Waals surface area contributed by atoms with Gasteiger partial charge in [-0.2, -0.15) is 0 Å². The average Bonchev–Trinajstić information content (AvgIpc) is 2.97. The molecule has 19 heavy (non-hydrogen) atoms. The summed E-state index contributed by atoms with van der Waals surface area (Å²) >= 11 is 0. The molecular formula is C16H16N2O. The molecule has 0 spiro atoms. The van der Waals surface area contributed by atoms with E-state index in [1.54, 1.807) is 12.5 Å². The predicted molar refractivity (Wildman–Crippen MR) is 76.0 cm³/mol. The molecule has 0 amide bonds. The molecule has 0 radical (unpaired) electrons. The summed E-state index contributed by atoms with van der Waals surface area (Å²) in [4.78, 5) is 4.35. The number of hydrogen-bond donors (Lipinski definition) is 1. The van der Waals surface area contributed by atoms with E-state index in [2.05, 4.69) is 34.6 Å². The number of nitrogens with zero attached hydrogens (tertiary/aromatic N) is 1. The first-order valence-electron chi connectivity index (χ1n) is 6.40. The van der Waals surface area contributed by atoms with E-state index in [4.69, 9.17) is 4.42 Å². The molecule has 1 N–H and O–H groups in total. The van der Waals surface area contributed by atoms with Gasteiger partial charge in [-0.3, -0.25) is 4.98 Å². The summed E-state index contributed by atoms with van der Waals surface area (Å²) in [6.45, 7) is 0. The van der Waals surface area contributed by atoms with Crippen molar-refractivity contribution in [2.45, 2.75) is 12.5 Å². The van der Waals surface area contributed by atoms with Crippen molar-refractivity contribution in [2.24, 2.45) is 0 Å². The summed E-state index contributed by atoms with van der Waals surface area (Å²) < 4.78 is 5.13. The van der Waals surface area contributed by atoms with Crippen LogP contribution < -0.4 is 5.32 Å². The average molecular weight is 252 g/mol. The number of aromatic nitrogens is 1. The molecule has 0 fully saturated rings. The zero-order valence-electron chi connectivity index (χ0n) is 10.8. The first-order valence-corrected chi connectivity index (χ1v) is 6.40. The molecule has 3 heteroatoms. The van der Waals surface area contributed by atoms with Crippen molar-refractivity contribution in [1.82, 2.24) is 10.3 Å². The summed E-state index contributed by atoms with van der Waals surface area (Å²) in [6, 6.07) is 12.8. The van der Waals surface area contributed by atoms with Gasteiger partial charge in [0.15, 0.2) is 0 Å². The summed E-state index contributed by atoms with van der Waals surface area (Å²) in [6.07, 6.45) is 6.25. The maximum atomic E-state index is 5.13. The molecule has 0 saturated carbocycles. The van der Waals surface area contributed by atoms with Crippen LogP contribution in [0.4, 0.5) is 0 Å². The fourth-order valence-corrected chi connectivity index (χ4v) is 2.34. The van der Waals surface area contributed by atoms with E-state index >= 15 is 0 Å². The lowest BCUT2D eigenvalue weighted by atomic mass is 9.99. The van der Waals surface area contributed by atoms with Gasteiger partial charge < -0.3 is 9.73 Å². The first-order chi connectivity index (χ1) is 9.36. The minimum Gasteiger partial charge on any atom is -0.472 e. The molecule has 2 aromatic heterocycles. The van der Waals surface area contributed by atoms with Crippen LogP contribution in [0.5, 0.6) is 0 Å². The van der Waals surface area contributed by atoms with Crippen molar-refractivity contribution in [1.29, 1.82) is 0 Å². The van der Waals surface area contributed by atoms with Gasteiger partial charge in [-0.05, 0) is 48.9 Å².